The fraction of sp³-hybridized carbons (Fsp3) is 0.933. The van der Waals surface area contributed by atoms with Crippen molar-refractivity contribution >= 4 is 15.9 Å². The van der Waals surface area contributed by atoms with Gasteiger partial charge in [0.15, 0.2) is 0 Å². The van der Waals surface area contributed by atoms with Crippen molar-refractivity contribution in [3.8, 4) is 0 Å². The number of ether oxygens (including phenoxy) is 1. The molecule has 1 aliphatic carbocycles. The maximum atomic E-state index is 12.9. The van der Waals surface area contributed by atoms with Gasteiger partial charge in [-0.1, -0.05) is 0 Å². The third-order valence-corrected chi connectivity index (χ3v) is 6.06. The number of piperidine rings is 1. The van der Waals surface area contributed by atoms with Gasteiger partial charge in [0.1, 0.15) is 0 Å². The topological polar surface area (TPSA) is 75.7 Å². The van der Waals surface area contributed by atoms with Gasteiger partial charge in [-0.3, -0.25) is 4.79 Å². The Morgan fingerprint density at radius 2 is 1.83 bits per heavy atom. The molecule has 1 atom stereocenters. The molecule has 2 heterocycles. The second kappa shape index (κ2) is 6.17. The lowest BCUT2D eigenvalue weighted by Gasteiger charge is -2.47. The van der Waals surface area contributed by atoms with Crippen LogP contribution in [0.5, 0.6) is 0 Å². The van der Waals surface area contributed by atoms with Gasteiger partial charge in [0, 0.05) is 44.5 Å². The standard InChI is InChI=1S/C15H24F2N2O4S/c1-24(21,22)18-12-2-7-23-14(10-12)3-5-19(6-4-14)13(20)11-8-15(16,17)9-11/h11-12,18H,2-10H2,1H3. The number of alkyl halides is 2. The van der Waals surface area contributed by atoms with Crippen LogP contribution in [-0.2, 0) is 19.6 Å². The maximum Gasteiger partial charge on any atom is 0.249 e. The Morgan fingerprint density at radius 1 is 1.21 bits per heavy atom. The minimum atomic E-state index is -3.26. The molecular formula is C15H24F2N2O4S. The highest BCUT2D eigenvalue weighted by Gasteiger charge is 2.51. The molecule has 9 heteroatoms. The number of sulfonamides is 1. The van der Waals surface area contributed by atoms with Crippen LogP contribution in [0.15, 0.2) is 0 Å². The lowest BCUT2D eigenvalue weighted by molar-refractivity contribution is -0.167. The molecule has 1 amide bonds. The van der Waals surface area contributed by atoms with Gasteiger partial charge in [0.25, 0.3) is 0 Å². The van der Waals surface area contributed by atoms with Gasteiger partial charge in [0.05, 0.1) is 11.9 Å². The van der Waals surface area contributed by atoms with E-state index in [1.54, 1.807) is 4.90 Å². The molecule has 138 valence electrons. The minimum absolute atomic E-state index is 0.152. The van der Waals surface area contributed by atoms with Crippen LogP contribution in [-0.4, -0.2) is 62.7 Å². The third kappa shape index (κ3) is 4.05. The molecule has 1 saturated carbocycles. The zero-order valence-corrected chi connectivity index (χ0v) is 14.6. The Labute approximate surface area is 141 Å². The molecule has 0 bridgehead atoms. The molecule has 3 rings (SSSR count). The number of hydrogen-bond donors (Lipinski definition) is 1. The molecule has 3 fully saturated rings. The number of nitrogens with one attached hydrogen (secondary N) is 1. The number of nitrogens with zero attached hydrogens (tertiary/aromatic N) is 1. The van der Waals surface area contributed by atoms with Crippen LogP contribution in [0.2, 0.25) is 0 Å². The van der Waals surface area contributed by atoms with E-state index in [9.17, 15) is 22.0 Å². The van der Waals surface area contributed by atoms with Crippen molar-refractivity contribution in [1.82, 2.24) is 9.62 Å². The molecule has 3 aliphatic rings. The number of halogens is 2. The fourth-order valence-electron chi connectivity index (χ4n) is 4.01. The van der Waals surface area contributed by atoms with E-state index in [4.69, 9.17) is 4.74 Å². The van der Waals surface area contributed by atoms with E-state index in [2.05, 4.69) is 4.72 Å². The summed E-state index contributed by atoms with van der Waals surface area (Å²) in [6.07, 6.45) is 2.91. The molecule has 0 radical (unpaired) electrons. The van der Waals surface area contributed by atoms with Crippen LogP contribution in [0.4, 0.5) is 8.78 Å². The van der Waals surface area contributed by atoms with Gasteiger partial charge in [-0.15, -0.1) is 0 Å². The van der Waals surface area contributed by atoms with Gasteiger partial charge in [-0.05, 0) is 25.7 Å². The predicted octanol–water partition coefficient (Wildman–Crippen LogP) is 1.12. The molecule has 0 aromatic carbocycles. The Balaban J connectivity index is 1.53. The maximum absolute atomic E-state index is 12.9. The monoisotopic (exact) mass is 366 g/mol. The van der Waals surface area contributed by atoms with Crippen molar-refractivity contribution in [1.29, 1.82) is 0 Å². The average Bonchev–Trinajstić information content (AvgIpc) is 2.43. The molecule has 2 aliphatic heterocycles. The smallest absolute Gasteiger partial charge is 0.249 e. The molecule has 1 spiro atoms. The number of hydrogen-bond acceptors (Lipinski definition) is 4. The van der Waals surface area contributed by atoms with Crippen LogP contribution in [0, 0.1) is 5.92 Å². The van der Waals surface area contributed by atoms with E-state index in [1.807, 2.05) is 0 Å². The summed E-state index contributed by atoms with van der Waals surface area (Å²) in [6.45, 7) is 1.44. The van der Waals surface area contributed by atoms with Crippen LogP contribution in [0.3, 0.4) is 0 Å². The van der Waals surface area contributed by atoms with E-state index >= 15 is 0 Å². The third-order valence-electron chi connectivity index (χ3n) is 5.30. The summed E-state index contributed by atoms with van der Waals surface area (Å²) in [5.74, 6) is -3.42. The summed E-state index contributed by atoms with van der Waals surface area (Å²) in [5.41, 5.74) is -0.416. The predicted molar refractivity (Wildman–Crippen MR) is 83.2 cm³/mol. The Morgan fingerprint density at radius 3 is 2.38 bits per heavy atom. The summed E-state index contributed by atoms with van der Waals surface area (Å²) in [6, 6.07) is -0.152. The van der Waals surface area contributed by atoms with Crippen LogP contribution in [0.25, 0.3) is 0 Å². The van der Waals surface area contributed by atoms with E-state index in [-0.39, 0.29) is 24.8 Å². The SMILES string of the molecule is CS(=O)(=O)NC1CCOC2(CCN(C(=O)C3CC(F)(F)C3)CC2)C1. The number of likely N-dealkylation sites (tertiary alicyclic amines) is 1. The first-order chi connectivity index (χ1) is 11.1. The van der Waals surface area contributed by atoms with Crippen LogP contribution in [0.1, 0.15) is 38.5 Å². The first kappa shape index (κ1) is 18.0. The first-order valence-corrected chi connectivity index (χ1v) is 10.2. The second-order valence-corrected chi connectivity index (χ2v) is 9.18. The van der Waals surface area contributed by atoms with Crippen molar-refractivity contribution in [2.45, 2.75) is 56.1 Å². The highest BCUT2D eigenvalue weighted by molar-refractivity contribution is 7.88. The zero-order valence-electron chi connectivity index (χ0n) is 13.8. The molecule has 0 aromatic rings. The Bertz CT molecular complexity index is 595. The van der Waals surface area contributed by atoms with Crippen molar-refractivity contribution in [3.63, 3.8) is 0 Å². The van der Waals surface area contributed by atoms with Crippen molar-refractivity contribution in [2.24, 2.45) is 5.92 Å². The van der Waals surface area contributed by atoms with Gasteiger partial charge in [-0.25, -0.2) is 21.9 Å². The fourth-order valence-corrected chi connectivity index (χ4v) is 4.81. The van der Waals surface area contributed by atoms with Crippen molar-refractivity contribution in [2.75, 3.05) is 26.0 Å². The van der Waals surface area contributed by atoms with Crippen LogP contribution >= 0.6 is 0 Å². The largest absolute Gasteiger partial charge is 0.375 e. The van der Waals surface area contributed by atoms with E-state index < -0.39 is 27.5 Å². The van der Waals surface area contributed by atoms with E-state index in [0.717, 1.165) is 6.26 Å². The van der Waals surface area contributed by atoms with E-state index in [0.29, 0.717) is 45.4 Å². The highest BCUT2D eigenvalue weighted by atomic mass is 32.2. The quantitative estimate of drug-likeness (QED) is 0.812. The molecule has 24 heavy (non-hydrogen) atoms. The molecule has 0 aromatic heterocycles. The Hall–Kier alpha value is -0.800. The molecule has 1 N–H and O–H groups in total. The lowest BCUT2D eigenvalue weighted by Crippen LogP contribution is -2.56. The molecule has 6 nitrogen and oxygen atoms in total. The summed E-state index contributed by atoms with van der Waals surface area (Å²) < 4.78 is 57.2. The lowest BCUT2D eigenvalue weighted by atomic mass is 9.78. The first-order valence-electron chi connectivity index (χ1n) is 8.35. The number of amides is 1. The Kier molecular flexibility index (Phi) is 4.63. The normalized spacial score (nSPS) is 30.1. The van der Waals surface area contributed by atoms with Crippen molar-refractivity contribution in [3.05, 3.63) is 0 Å². The second-order valence-electron chi connectivity index (χ2n) is 7.40. The summed E-state index contributed by atoms with van der Waals surface area (Å²) in [7, 11) is -3.26. The number of rotatable bonds is 3. The van der Waals surface area contributed by atoms with Gasteiger partial charge in [-0.2, -0.15) is 0 Å². The minimum Gasteiger partial charge on any atom is -0.375 e. The van der Waals surface area contributed by atoms with E-state index in [1.165, 1.54) is 0 Å². The summed E-state index contributed by atoms with van der Waals surface area (Å²) in [5, 5.41) is 0. The van der Waals surface area contributed by atoms with Crippen molar-refractivity contribution < 1.29 is 26.7 Å². The van der Waals surface area contributed by atoms with Crippen LogP contribution < -0.4 is 4.72 Å². The summed E-state index contributed by atoms with van der Waals surface area (Å²) >= 11 is 0. The molecule has 2 saturated heterocycles. The molecular weight excluding hydrogens is 342 g/mol. The molecule has 1 unspecified atom stereocenters. The van der Waals surface area contributed by atoms with Gasteiger partial charge < -0.3 is 9.64 Å². The highest BCUT2D eigenvalue weighted by Crippen LogP contribution is 2.44. The zero-order chi connectivity index (χ0) is 17.6. The summed E-state index contributed by atoms with van der Waals surface area (Å²) in [4.78, 5) is 13.9. The average molecular weight is 366 g/mol. The number of carbonyl (C=O) groups is 1. The number of carbonyl (C=O) groups excluding carboxylic acids is 1. The van der Waals surface area contributed by atoms with Gasteiger partial charge >= 0.3 is 0 Å². The van der Waals surface area contributed by atoms with Gasteiger partial charge in [0.2, 0.25) is 21.9 Å².